The van der Waals surface area contributed by atoms with E-state index in [2.05, 4.69) is 4.90 Å². The van der Waals surface area contributed by atoms with Crippen molar-refractivity contribution in [2.24, 2.45) is 0 Å². The van der Waals surface area contributed by atoms with E-state index in [1.54, 1.807) is 31.1 Å². The van der Waals surface area contributed by atoms with E-state index in [9.17, 15) is 13.2 Å². The van der Waals surface area contributed by atoms with Crippen LogP contribution < -0.4 is 23.4 Å². The zero-order valence-corrected chi connectivity index (χ0v) is 20.5. The Morgan fingerprint density at radius 1 is 0.939 bits per heavy atom. The quantitative estimate of drug-likeness (QED) is 0.577. The molecule has 0 atom stereocenters. The van der Waals surface area contributed by atoms with Crippen LogP contribution in [0.15, 0.2) is 36.4 Å². The number of nitrogens with zero attached hydrogens (tertiary/aromatic N) is 3. The molecule has 33 heavy (non-hydrogen) atoms. The topological polar surface area (TPSA) is 88.6 Å². The van der Waals surface area contributed by atoms with Gasteiger partial charge in [-0.15, -0.1) is 0 Å². The van der Waals surface area contributed by atoms with Crippen molar-refractivity contribution in [3.05, 3.63) is 42.0 Å². The van der Waals surface area contributed by atoms with Crippen molar-refractivity contribution in [3.63, 3.8) is 0 Å². The Morgan fingerprint density at radius 3 is 2.00 bits per heavy atom. The number of anilines is 2. The van der Waals surface area contributed by atoms with Gasteiger partial charge in [0.25, 0.3) is 5.91 Å². The molecule has 0 unspecified atom stereocenters. The average Bonchev–Trinajstić information content (AvgIpc) is 2.83. The summed E-state index contributed by atoms with van der Waals surface area (Å²) in [5.74, 6) is 1.27. The molecule has 1 heterocycles. The molecule has 0 spiro atoms. The molecule has 1 amide bonds. The lowest BCUT2D eigenvalue weighted by Crippen LogP contribution is -2.49. The number of methoxy groups -OCH3 is 3. The van der Waals surface area contributed by atoms with Crippen molar-refractivity contribution in [3.8, 4) is 17.2 Å². The molecule has 0 aromatic heterocycles. The number of carbonyl (C=O) groups is 1. The van der Waals surface area contributed by atoms with Gasteiger partial charge < -0.3 is 24.0 Å². The molecule has 3 rings (SSSR count). The van der Waals surface area contributed by atoms with Gasteiger partial charge in [-0.2, -0.15) is 0 Å². The Hall–Kier alpha value is -3.14. The third-order valence-corrected chi connectivity index (χ3v) is 6.95. The highest BCUT2D eigenvalue weighted by Crippen LogP contribution is 2.37. The lowest BCUT2D eigenvalue weighted by atomic mass is 10.1. The van der Waals surface area contributed by atoms with Crippen LogP contribution in [0.2, 0.25) is 0 Å². The van der Waals surface area contributed by atoms with Crippen LogP contribution in [-0.4, -0.2) is 79.5 Å². The second kappa shape index (κ2) is 10.2. The molecule has 2 aromatic rings. The van der Waals surface area contributed by atoms with Gasteiger partial charge in [-0.3, -0.25) is 9.10 Å². The molecule has 2 aromatic carbocycles. The lowest BCUT2D eigenvalue weighted by molar-refractivity contribution is 0.0747. The minimum atomic E-state index is -3.60. The first-order chi connectivity index (χ1) is 15.7. The zero-order valence-electron chi connectivity index (χ0n) is 19.7. The van der Waals surface area contributed by atoms with Crippen molar-refractivity contribution in [1.29, 1.82) is 0 Å². The van der Waals surface area contributed by atoms with E-state index in [1.165, 1.54) is 18.5 Å². The summed E-state index contributed by atoms with van der Waals surface area (Å²) in [4.78, 5) is 17.5. The first-order valence-electron chi connectivity index (χ1n) is 10.7. The third kappa shape index (κ3) is 5.27. The highest BCUT2D eigenvalue weighted by molar-refractivity contribution is 7.92. The van der Waals surface area contributed by atoms with Gasteiger partial charge in [-0.25, -0.2) is 8.42 Å². The number of carbonyl (C=O) groups excluding carboxylic acids is 1. The zero-order chi connectivity index (χ0) is 24.2. The molecular weight excluding hydrogens is 446 g/mol. The summed E-state index contributed by atoms with van der Waals surface area (Å²) in [5, 5.41) is 0. The van der Waals surface area contributed by atoms with Crippen molar-refractivity contribution >= 4 is 27.3 Å². The van der Waals surface area contributed by atoms with E-state index in [4.69, 9.17) is 14.2 Å². The maximum atomic E-state index is 13.5. The molecule has 1 fully saturated rings. The molecule has 1 saturated heterocycles. The predicted molar refractivity (Wildman–Crippen MR) is 129 cm³/mol. The number of amides is 1. The SMILES string of the molecule is CCN(c1cc(OC)c(OC)cc1C(=O)N1CCN(c2ccc(OC)cc2)CC1)S(C)(=O)=O. The summed E-state index contributed by atoms with van der Waals surface area (Å²) < 4.78 is 42.0. The van der Waals surface area contributed by atoms with Crippen LogP contribution in [-0.2, 0) is 10.0 Å². The van der Waals surface area contributed by atoms with Crippen LogP contribution in [0, 0.1) is 0 Å². The minimum absolute atomic E-state index is 0.180. The monoisotopic (exact) mass is 477 g/mol. The Bertz CT molecular complexity index is 1080. The van der Waals surface area contributed by atoms with Crippen molar-refractivity contribution in [2.75, 3.05) is 69.5 Å². The molecule has 0 radical (unpaired) electrons. The van der Waals surface area contributed by atoms with Crippen LogP contribution >= 0.6 is 0 Å². The molecule has 180 valence electrons. The smallest absolute Gasteiger partial charge is 0.256 e. The Labute approximate surface area is 195 Å². The first-order valence-corrected chi connectivity index (χ1v) is 12.5. The second-order valence-electron chi connectivity index (χ2n) is 7.63. The van der Waals surface area contributed by atoms with Gasteiger partial charge >= 0.3 is 0 Å². The van der Waals surface area contributed by atoms with Crippen LogP contribution in [0.3, 0.4) is 0 Å². The minimum Gasteiger partial charge on any atom is -0.497 e. The van der Waals surface area contributed by atoms with Crippen molar-refractivity contribution in [2.45, 2.75) is 6.92 Å². The molecular formula is C23H31N3O6S. The Morgan fingerprint density at radius 2 is 1.52 bits per heavy atom. The fourth-order valence-corrected chi connectivity index (χ4v) is 4.94. The number of sulfonamides is 1. The fraction of sp³-hybridized carbons (Fsp3) is 0.435. The first kappa shape index (κ1) is 24.5. The number of hydrogen-bond acceptors (Lipinski definition) is 7. The maximum Gasteiger partial charge on any atom is 0.256 e. The number of rotatable bonds is 8. The molecule has 1 aliphatic heterocycles. The fourth-order valence-electron chi connectivity index (χ4n) is 3.96. The van der Waals surface area contributed by atoms with Gasteiger partial charge in [-0.05, 0) is 37.3 Å². The van der Waals surface area contributed by atoms with Crippen LogP contribution in [0.4, 0.5) is 11.4 Å². The van der Waals surface area contributed by atoms with E-state index in [1.807, 2.05) is 24.3 Å². The van der Waals surface area contributed by atoms with Gasteiger partial charge in [0.2, 0.25) is 10.0 Å². The summed E-state index contributed by atoms with van der Waals surface area (Å²) in [6.45, 7) is 4.22. The predicted octanol–water partition coefficient (Wildman–Crippen LogP) is 2.46. The molecule has 9 nitrogen and oxygen atoms in total. The van der Waals surface area contributed by atoms with Crippen molar-refractivity contribution in [1.82, 2.24) is 4.90 Å². The van der Waals surface area contributed by atoms with Crippen LogP contribution in [0.1, 0.15) is 17.3 Å². The third-order valence-electron chi connectivity index (χ3n) is 5.69. The van der Waals surface area contributed by atoms with Crippen molar-refractivity contribution < 1.29 is 27.4 Å². The molecule has 0 N–H and O–H groups in total. The number of ether oxygens (including phenoxy) is 3. The van der Waals surface area contributed by atoms with E-state index in [0.717, 1.165) is 17.7 Å². The Kier molecular flexibility index (Phi) is 7.57. The van der Waals surface area contributed by atoms with E-state index in [0.29, 0.717) is 37.7 Å². The van der Waals surface area contributed by atoms with Gasteiger partial charge in [-0.1, -0.05) is 0 Å². The molecule has 0 aliphatic carbocycles. The normalized spacial score (nSPS) is 14.1. The van der Waals surface area contributed by atoms with E-state index < -0.39 is 10.0 Å². The van der Waals surface area contributed by atoms with Gasteiger partial charge in [0.15, 0.2) is 11.5 Å². The van der Waals surface area contributed by atoms with E-state index >= 15 is 0 Å². The second-order valence-corrected chi connectivity index (χ2v) is 9.54. The average molecular weight is 478 g/mol. The largest absolute Gasteiger partial charge is 0.497 e. The van der Waals surface area contributed by atoms with Crippen LogP contribution in [0.5, 0.6) is 17.2 Å². The number of piperazine rings is 1. The summed E-state index contributed by atoms with van der Waals surface area (Å²) in [6.07, 6.45) is 1.12. The molecule has 0 saturated carbocycles. The summed E-state index contributed by atoms with van der Waals surface area (Å²) in [6, 6.07) is 10.9. The standard InChI is InChI=1S/C23H31N3O6S/c1-6-26(33(5,28)29)20-16-22(32-4)21(31-3)15-19(20)23(27)25-13-11-24(12-14-25)17-7-9-18(30-2)10-8-17/h7-10,15-16H,6,11-14H2,1-5H3. The Balaban J connectivity index is 1.88. The number of hydrogen-bond donors (Lipinski definition) is 0. The van der Waals surface area contributed by atoms with Gasteiger partial charge in [0, 0.05) is 44.5 Å². The summed E-state index contributed by atoms with van der Waals surface area (Å²) >= 11 is 0. The highest BCUT2D eigenvalue weighted by atomic mass is 32.2. The summed E-state index contributed by atoms with van der Waals surface area (Å²) in [5.41, 5.74) is 1.60. The summed E-state index contributed by atoms with van der Waals surface area (Å²) in [7, 11) is 0.978. The molecule has 0 bridgehead atoms. The van der Waals surface area contributed by atoms with Gasteiger partial charge in [0.1, 0.15) is 5.75 Å². The van der Waals surface area contributed by atoms with Gasteiger partial charge in [0.05, 0.1) is 38.8 Å². The maximum absolute atomic E-state index is 13.5. The van der Waals surface area contributed by atoms with Crippen LogP contribution in [0.25, 0.3) is 0 Å². The highest BCUT2D eigenvalue weighted by Gasteiger charge is 2.29. The number of benzene rings is 2. The van der Waals surface area contributed by atoms with E-state index in [-0.39, 0.29) is 23.7 Å². The molecule has 10 heteroatoms. The molecule has 1 aliphatic rings. The lowest BCUT2D eigenvalue weighted by Gasteiger charge is -2.37.